The first-order valence-electron chi connectivity index (χ1n) is 9.32. The van der Waals surface area contributed by atoms with E-state index in [0.29, 0.717) is 11.9 Å². The summed E-state index contributed by atoms with van der Waals surface area (Å²) in [5.74, 6) is 1.44. The van der Waals surface area contributed by atoms with Gasteiger partial charge in [-0.2, -0.15) is 4.98 Å². The molecule has 26 heavy (non-hydrogen) atoms. The van der Waals surface area contributed by atoms with Crippen LogP contribution in [0.4, 0.5) is 5.82 Å². The van der Waals surface area contributed by atoms with Crippen molar-refractivity contribution in [3.05, 3.63) is 48.3 Å². The van der Waals surface area contributed by atoms with E-state index in [9.17, 15) is 0 Å². The molecule has 0 bridgehead atoms. The molecule has 2 aromatic rings. The monoisotopic (exact) mass is 354 g/mol. The molecule has 0 saturated carbocycles. The fourth-order valence-electron chi connectivity index (χ4n) is 3.75. The molecule has 6 heteroatoms. The lowest BCUT2D eigenvalue weighted by Gasteiger charge is -2.36. The van der Waals surface area contributed by atoms with E-state index in [1.54, 1.807) is 6.20 Å². The van der Waals surface area contributed by atoms with Gasteiger partial charge in [-0.05, 0) is 19.4 Å². The number of hydrogen-bond acceptors (Lipinski definition) is 6. The van der Waals surface area contributed by atoms with Crippen molar-refractivity contribution in [3.8, 4) is 5.88 Å². The maximum atomic E-state index is 6.05. The number of morpholine rings is 1. The van der Waals surface area contributed by atoms with Gasteiger partial charge >= 0.3 is 0 Å². The topological polar surface area (TPSA) is 50.7 Å². The Morgan fingerprint density at radius 2 is 2.04 bits per heavy atom. The number of nitrogens with zero attached hydrogens (tertiary/aromatic N) is 4. The van der Waals surface area contributed by atoms with Crippen LogP contribution in [-0.4, -0.2) is 59.4 Å². The molecular weight excluding hydrogens is 328 g/mol. The second kappa shape index (κ2) is 7.60. The van der Waals surface area contributed by atoms with Gasteiger partial charge in [0.15, 0.2) is 5.82 Å². The Balaban J connectivity index is 1.47. The minimum Gasteiger partial charge on any atom is -0.474 e. The summed E-state index contributed by atoms with van der Waals surface area (Å²) in [5, 5.41) is 0. The fraction of sp³-hybridized carbons (Fsp3) is 0.500. The molecule has 1 aromatic heterocycles. The van der Waals surface area contributed by atoms with Crippen molar-refractivity contribution in [1.29, 1.82) is 0 Å². The van der Waals surface area contributed by atoms with Crippen molar-refractivity contribution in [2.45, 2.75) is 38.6 Å². The molecule has 4 rings (SSSR count). The van der Waals surface area contributed by atoms with E-state index < -0.39 is 0 Å². The van der Waals surface area contributed by atoms with Gasteiger partial charge in [0, 0.05) is 26.2 Å². The Labute approximate surface area is 154 Å². The van der Waals surface area contributed by atoms with E-state index in [2.05, 4.69) is 50.1 Å². The first kappa shape index (κ1) is 17.2. The summed E-state index contributed by atoms with van der Waals surface area (Å²) < 4.78 is 11.7. The Hall–Kier alpha value is -2.18. The summed E-state index contributed by atoms with van der Waals surface area (Å²) >= 11 is 0. The zero-order chi connectivity index (χ0) is 17.9. The quantitative estimate of drug-likeness (QED) is 0.822. The molecule has 2 fully saturated rings. The summed E-state index contributed by atoms with van der Waals surface area (Å²) in [6.45, 7) is 8.44. The molecule has 0 N–H and O–H groups in total. The van der Waals surface area contributed by atoms with E-state index >= 15 is 0 Å². The van der Waals surface area contributed by atoms with Crippen LogP contribution < -0.4 is 9.64 Å². The third-order valence-corrected chi connectivity index (χ3v) is 4.93. The Bertz CT molecular complexity index is 725. The molecule has 2 unspecified atom stereocenters. The number of fused-ring (bicyclic) bond motifs is 1. The second-order valence-electron chi connectivity index (χ2n) is 7.22. The summed E-state index contributed by atoms with van der Waals surface area (Å²) in [4.78, 5) is 13.7. The number of ether oxygens (including phenoxy) is 2. The van der Waals surface area contributed by atoms with Crippen LogP contribution in [0.15, 0.2) is 42.7 Å². The van der Waals surface area contributed by atoms with Crippen molar-refractivity contribution < 1.29 is 9.47 Å². The SMILES string of the molecule is CC(C)Oc1cncc(N2CC3OCCN(Cc4ccccc4)C3C2)n1. The van der Waals surface area contributed by atoms with E-state index in [1.165, 1.54) is 5.56 Å². The minimum absolute atomic E-state index is 0.0883. The van der Waals surface area contributed by atoms with Crippen molar-refractivity contribution in [2.75, 3.05) is 31.1 Å². The Kier molecular flexibility index (Phi) is 5.04. The molecule has 2 atom stereocenters. The zero-order valence-electron chi connectivity index (χ0n) is 15.4. The van der Waals surface area contributed by atoms with Gasteiger partial charge in [0.1, 0.15) is 0 Å². The molecule has 2 aliphatic heterocycles. The average molecular weight is 354 g/mol. The predicted octanol–water partition coefficient (Wildman–Crippen LogP) is 2.35. The van der Waals surface area contributed by atoms with Gasteiger partial charge in [0.05, 0.1) is 37.3 Å². The fourth-order valence-corrected chi connectivity index (χ4v) is 3.75. The highest BCUT2D eigenvalue weighted by Crippen LogP contribution is 2.28. The number of anilines is 1. The number of aromatic nitrogens is 2. The van der Waals surface area contributed by atoms with Gasteiger partial charge in [0.2, 0.25) is 5.88 Å². The van der Waals surface area contributed by atoms with Crippen LogP contribution in [0.1, 0.15) is 19.4 Å². The van der Waals surface area contributed by atoms with Crippen LogP contribution in [0.25, 0.3) is 0 Å². The summed E-state index contributed by atoms with van der Waals surface area (Å²) in [5.41, 5.74) is 1.35. The smallest absolute Gasteiger partial charge is 0.234 e. The van der Waals surface area contributed by atoms with E-state index in [4.69, 9.17) is 9.47 Å². The van der Waals surface area contributed by atoms with E-state index in [1.807, 2.05) is 20.0 Å². The highest BCUT2D eigenvalue weighted by Gasteiger charge is 2.40. The highest BCUT2D eigenvalue weighted by molar-refractivity contribution is 5.40. The van der Waals surface area contributed by atoms with Crippen molar-refractivity contribution >= 4 is 5.82 Å². The second-order valence-corrected chi connectivity index (χ2v) is 7.22. The molecule has 2 saturated heterocycles. The van der Waals surface area contributed by atoms with Crippen LogP contribution >= 0.6 is 0 Å². The molecule has 2 aliphatic rings. The lowest BCUT2D eigenvalue weighted by Crippen LogP contribution is -2.50. The molecule has 6 nitrogen and oxygen atoms in total. The first-order chi connectivity index (χ1) is 12.7. The molecule has 138 valence electrons. The maximum absolute atomic E-state index is 6.05. The minimum atomic E-state index is 0.0883. The lowest BCUT2D eigenvalue weighted by molar-refractivity contribution is -0.0499. The van der Waals surface area contributed by atoms with Crippen molar-refractivity contribution in [3.63, 3.8) is 0 Å². The number of hydrogen-bond donors (Lipinski definition) is 0. The third-order valence-electron chi connectivity index (χ3n) is 4.93. The van der Waals surface area contributed by atoms with E-state index in [0.717, 1.165) is 38.6 Å². The average Bonchev–Trinajstić information content (AvgIpc) is 3.08. The summed E-state index contributed by atoms with van der Waals surface area (Å²) in [6, 6.07) is 11.0. The van der Waals surface area contributed by atoms with Crippen LogP contribution in [0, 0.1) is 0 Å². The Morgan fingerprint density at radius 3 is 2.85 bits per heavy atom. The number of rotatable bonds is 5. The molecule has 0 radical (unpaired) electrons. The third kappa shape index (κ3) is 3.81. The molecule has 0 aliphatic carbocycles. The van der Waals surface area contributed by atoms with Crippen LogP contribution in [0.5, 0.6) is 5.88 Å². The van der Waals surface area contributed by atoms with E-state index in [-0.39, 0.29) is 12.2 Å². The molecule has 1 aromatic carbocycles. The molecular formula is C20H26N4O2. The summed E-state index contributed by atoms with van der Waals surface area (Å²) in [6.07, 6.45) is 3.78. The van der Waals surface area contributed by atoms with Crippen molar-refractivity contribution in [1.82, 2.24) is 14.9 Å². The van der Waals surface area contributed by atoms with Crippen LogP contribution in [0.2, 0.25) is 0 Å². The largest absolute Gasteiger partial charge is 0.474 e. The summed E-state index contributed by atoms with van der Waals surface area (Å²) in [7, 11) is 0. The van der Waals surface area contributed by atoms with Crippen LogP contribution in [-0.2, 0) is 11.3 Å². The van der Waals surface area contributed by atoms with Crippen molar-refractivity contribution in [2.24, 2.45) is 0 Å². The number of benzene rings is 1. The lowest BCUT2D eigenvalue weighted by atomic mass is 10.1. The van der Waals surface area contributed by atoms with Gasteiger partial charge in [0.25, 0.3) is 0 Å². The van der Waals surface area contributed by atoms with Gasteiger partial charge in [-0.1, -0.05) is 30.3 Å². The Morgan fingerprint density at radius 1 is 1.19 bits per heavy atom. The zero-order valence-corrected chi connectivity index (χ0v) is 15.4. The predicted molar refractivity (Wildman–Crippen MR) is 100 cm³/mol. The molecule has 3 heterocycles. The van der Waals surface area contributed by atoms with Gasteiger partial charge in [-0.3, -0.25) is 9.88 Å². The van der Waals surface area contributed by atoms with Crippen LogP contribution in [0.3, 0.4) is 0 Å². The standard InChI is InChI=1S/C20H26N4O2/c1-15(2)26-20-11-21-10-19(22-20)24-13-17-18(14-24)25-9-8-23(17)12-16-6-4-3-5-7-16/h3-7,10-11,15,17-18H,8-9,12-14H2,1-2H3. The highest BCUT2D eigenvalue weighted by atomic mass is 16.5. The first-order valence-corrected chi connectivity index (χ1v) is 9.32. The van der Waals surface area contributed by atoms with Gasteiger partial charge in [-0.25, -0.2) is 0 Å². The van der Waals surface area contributed by atoms with Gasteiger partial charge in [-0.15, -0.1) is 0 Å². The molecule has 0 amide bonds. The maximum Gasteiger partial charge on any atom is 0.234 e. The van der Waals surface area contributed by atoms with Gasteiger partial charge < -0.3 is 14.4 Å². The normalized spacial score (nSPS) is 23.3. The molecule has 0 spiro atoms.